The molecule has 11 aromatic rings. The van der Waals surface area contributed by atoms with E-state index in [-0.39, 0.29) is 0 Å². The minimum Gasteiger partial charge on any atom is -0.456 e. The lowest BCUT2D eigenvalue weighted by atomic mass is 9.93. The summed E-state index contributed by atoms with van der Waals surface area (Å²) in [5.74, 6) is 0. The molecule has 0 aliphatic rings. The van der Waals surface area contributed by atoms with Crippen LogP contribution >= 0.6 is 0 Å². The van der Waals surface area contributed by atoms with Gasteiger partial charge >= 0.3 is 0 Å². The van der Waals surface area contributed by atoms with Crippen molar-refractivity contribution in [2.45, 2.75) is 0 Å². The lowest BCUT2D eigenvalue weighted by Crippen LogP contribution is -2.11. The third-order valence-electron chi connectivity index (χ3n) is 11.2. The first-order valence-electron chi connectivity index (χ1n) is 19.2. The van der Waals surface area contributed by atoms with E-state index in [1.807, 2.05) is 6.07 Å². The summed E-state index contributed by atoms with van der Waals surface area (Å²) >= 11 is 0. The summed E-state index contributed by atoms with van der Waals surface area (Å²) in [6.45, 7) is 0. The normalized spacial score (nSPS) is 11.6. The lowest BCUT2D eigenvalue weighted by Gasteiger charge is -2.29. The molecule has 0 unspecified atom stereocenters. The van der Waals surface area contributed by atoms with Crippen molar-refractivity contribution in [3.05, 3.63) is 212 Å². The van der Waals surface area contributed by atoms with Crippen LogP contribution < -0.4 is 4.90 Å². The van der Waals surface area contributed by atoms with Crippen molar-refractivity contribution in [2.75, 3.05) is 4.90 Å². The standard InChI is InChI=1S/C54H35NO/c1-3-19-42-36(14-1)16-12-25-43(42)38-17-11-18-39(34-38)45-21-7-9-26-50(45)55(51-27-13-29-53-54(51)48-24-8-10-28-52(48)56-53)41-32-30-37(31-33-41)49-35-40-15-2-4-20-44(40)46-22-5-6-23-47(46)49/h1-35H. The summed E-state index contributed by atoms with van der Waals surface area (Å²) in [5.41, 5.74) is 12.1. The Kier molecular flexibility index (Phi) is 7.53. The van der Waals surface area contributed by atoms with E-state index < -0.39 is 0 Å². The Labute approximate surface area is 325 Å². The van der Waals surface area contributed by atoms with Crippen LogP contribution in [0.1, 0.15) is 0 Å². The third-order valence-corrected chi connectivity index (χ3v) is 11.2. The highest BCUT2D eigenvalue weighted by Gasteiger charge is 2.22. The average molecular weight is 714 g/mol. The second-order valence-electron chi connectivity index (χ2n) is 14.4. The van der Waals surface area contributed by atoms with E-state index in [2.05, 4.69) is 211 Å². The Bertz CT molecular complexity index is 3260. The monoisotopic (exact) mass is 713 g/mol. The van der Waals surface area contributed by atoms with E-state index in [1.54, 1.807) is 0 Å². The fraction of sp³-hybridized carbons (Fsp3) is 0. The van der Waals surface area contributed by atoms with Gasteiger partial charge in [-0.3, -0.25) is 0 Å². The smallest absolute Gasteiger partial charge is 0.137 e. The molecule has 0 radical (unpaired) electrons. The van der Waals surface area contributed by atoms with Gasteiger partial charge < -0.3 is 9.32 Å². The van der Waals surface area contributed by atoms with Gasteiger partial charge in [0.2, 0.25) is 0 Å². The van der Waals surface area contributed by atoms with Gasteiger partial charge in [0.15, 0.2) is 0 Å². The van der Waals surface area contributed by atoms with Crippen LogP contribution in [-0.4, -0.2) is 0 Å². The van der Waals surface area contributed by atoms with Gasteiger partial charge in [0, 0.05) is 16.6 Å². The molecule has 0 saturated heterocycles. The van der Waals surface area contributed by atoms with Gasteiger partial charge in [-0.05, 0) is 109 Å². The molecule has 2 nitrogen and oxygen atoms in total. The van der Waals surface area contributed by atoms with Gasteiger partial charge in [-0.15, -0.1) is 0 Å². The van der Waals surface area contributed by atoms with E-state index in [4.69, 9.17) is 4.42 Å². The first-order valence-corrected chi connectivity index (χ1v) is 19.2. The number of anilines is 3. The first kappa shape index (κ1) is 32.0. The van der Waals surface area contributed by atoms with Crippen molar-refractivity contribution in [3.8, 4) is 33.4 Å². The Morgan fingerprint density at radius 2 is 0.875 bits per heavy atom. The van der Waals surface area contributed by atoms with Crippen LogP contribution in [0.4, 0.5) is 17.1 Å². The second-order valence-corrected chi connectivity index (χ2v) is 14.4. The lowest BCUT2D eigenvalue weighted by molar-refractivity contribution is 0.669. The molecule has 0 atom stereocenters. The van der Waals surface area contributed by atoms with Gasteiger partial charge in [-0.25, -0.2) is 0 Å². The van der Waals surface area contributed by atoms with E-state index in [1.165, 1.54) is 54.6 Å². The van der Waals surface area contributed by atoms with Crippen LogP contribution in [0.3, 0.4) is 0 Å². The molecule has 0 saturated carbocycles. The van der Waals surface area contributed by atoms with Crippen LogP contribution in [0.25, 0.3) is 87.6 Å². The van der Waals surface area contributed by atoms with E-state index >= 15 is 0 Å². The molecule has 0 spiro atoms. The van der Waals surface area contributed by atoms with Crippen LogP contribution in [-0.2, 0) is 0 Å². The number of benzene rings is 10. The maximum atomic E-state index is 6.46. The number of hydrogen-bond donors (Lipinski definition) is 0. The van der Waals surface area contributed by atoms with Crippen molar-refractivity contribution >= 4 is 71.3 Å². The number of hydrogen-bond acceptors (Lipinski definition) is 2. The Morgan fingerprint density at radius 1 is 0.304 bits per heavy atom. The van der Waals surface area contributed by atoms with Gasteiger partial charge in [0.1, 0.15) is 11.2 Å². The van der Waals surface area contributed by atoms with Gasteiger partial charge in [-0.1, -0.05) is 164 Å². The maximum absolute atomic E-state index is 6.46. The van der Waals surface area contributed by atoms with Gasteiger partial charge in [0.05, 0.1) is 16.8 Å². The van der Waals surface area contributed by atoms with Crippen molar-refractivity contribution < 1.29 is 4.42 Å². The van der Waals surface area contributed by atoms with Crippen LogP contribution in [0.5, 0.6) is 0 Å². The quantitative estimate of drug-likeness (QED) is 0.160. The second kappa shape index (κ2) is 13.2. The molecule has 0 fully saturated rings. The fourth-order valence-corrected chi connectivity index (χ4v) is 8.68. The molecule has 2 heteroatoms. The predicted octanol–water partition coefficient (Wildman–Crippen LogP) is 15.5. The number of para-hydroxylation sites is 2. The highest BCUT2D eigenvalue weighted by atomic mass is 16.3. The molecule has 0 bridgehead atoms. The van der Waals surface area contributed by atoms with E-state index in [9.17, 15) is 0 Å². The van der Waals surface area contributed by atoms with Gasteiger partial charge in [-0.2, -0.15) is 0 Å². The zero-order valence-electron chi connectivity index (χ0n) is 30.6. The number of rotatable bonds is 6. The Balaban J connectivity index is 1.11. The highest BCUT2D eigenvalue weighted by Crippen LogP contribution is 2.47. The molecule has 1 heterocycles. The summed E-state index contributed by atoms with van der Waals surface area (Å²) < 4.78 is 6.46. The van der Waals surface area contributed by atoms with Crippen molar-refractivity contribution in [1.29, 1.82) is 0 Å². The fourth-order valence-electron chi connectivity index (χ4n) is 8.68. The molecule has 56 heavy (non-hydrogen) atoms. The summed E-state index contributed by atoms with van der Waals surface area (Å²) in [5, 5.41) is 9.71. The van der Waals surface area contributed by atoms with E-state index in [0.717, 1.165) is 50.1 Å². The largest absolute Gasteiger partial charge is 0.456 e. The molecular weight excluding hydrogens is 679 g/mol. The molecule has 0 aliphatic heterocycles. The molecule has 11 rings (SSSR count). The van der Waals surface area contributed by atoms with Crippen LogP contribution in [0, 0.1) is 0 Å². The number of furan rings is 1. The number of fused-ring (bicyclic) bond motifs is 7. The minimum atomic E-state index is 0.864. The first-order chi connectivity index (χ1) is 27.8. The average Bonchev–Trinajstić information content (AvgIpc) is 3.66. The molecule has 0 amide bonds. The Hall–Kier alpha value is -7.42. The topological polar surface area (TPSA) is 16.4 Å². The summed E-state index contributed by atoms with van der Waals surface area (Å²) in [7, 11) is 0. The van der Waals surface area contributed by atoms with Crippen molar-refractivity contribution in [1.82, 2.24) is 0 Å². The zero-order chi connectivity index (χ0) is 37.0. The molecule has 10 aromatic carbocycles. The molecule has 1 aromatic heterocycles. The summed E-state index contributed by atoms with van der Waals surface area (Å²) in [4.78, 5) is 2.41. The van der Waals surface area contributed by atoms with Gasteiger partial charge in [0.25, 0.3) is 0 Å². The van der Waals surface area contributed by atoms with Crippen molar-refractivity contribution in [3.63, 3.8) is 0 Å². The molecule has 262 valence electrons. The highest BCUT2D eigenvalue weighted by molar-refractivity contribution is 6.15. The maximum Gasteiger partial charge on any atom is 0.137 e. The molecule has 0 N–H and O–H groups in total. The van der Waals surface area contributed by atoms with Crippen molar-refractivity contribution in [2.24, 2.45) is 0 Å². The summed E-state index contributed by atoms with van der Waals surface area (Å²) in [6, 6.07) is 76.5. The zero-order valence-corrected chi connectivity index (χ0v) is 30.6. The van der Waals surface area contributed by atoms with Crippen LogP contribution in [0.15, 0.2) is 217 Å². The predicted molar refractivity (Wildman–Crippen MR) is 237 cm³/mol. The molecular formula is C54H35NO. The number of nitrogens with zero attached hydrogens (tertiary/aromatic N) is 1. The SMILES string of the molecule is c1cc(-c2ccccc2N(c2ccc(-c3cc4ccccc4c4ccccc34)cc2)c2cccc3oc4ccccc4c23)cc(-c2cccc3ccccc23)c1. The molecule has 0 aliphatic carbocycles. The Morgan fingerprint density at radius 3 is 1.73 bits per heavy atom. The summed E-state index contributed by atoms with van der Waals surface area (Å²) in [6.07, 6.45) is 0. The minimum absolute atomic E-state index is 0.864. The van der Waals surface area contributed by atoms with E-state index in [0.29, 0.717) is 0 Å². The third kappa shape index (κ3) is 5.26. The van der Waals surface area contributed by atoms with Crippen LogP contribution in [0.2, 0.25) is 0 Å².